The molecule has 1 saturated heterocycles. The van der Waals surface area contributed by atoms with E-state index in [1.807, 2.05) is 25.1 Å². The lowest BCUT2D eigenvalue weighted by molar-refractivity contribution is -0.125. The molecule has 17 heavy (non-hydrogen) atoms. The van der Waals surface area contributed by atoms with Crippen molar-refractivity contribution >= 4 is 27.7 Å². The van der Waals surface area contributed by atoms with Crippen molar-refractivity contribution in [3.05, 3.63) is 33.8 Å². The van der Waals surface area contributed by atoms with Crippen LogP contribution in [0, 0.1) is 6.92 Å². The van der Waals surface area contributed by atoms with E-state index in [0.29, 0.717) is 6.54 Å². The van der Waals surface area contributed by atoms with Crippen LogP contribution in [0.5, 0.6) is 0 Å². The van der Waals surface area contributed by atoms with Gasteiger partial charge in [-0.15, -0.1) is 0 Å². The van der Waals surface area contributed by atoms with Crippen LogP contribution in [0.1, 0.15) is 17.5 Å². The summed E-state index contributed by atoms with van der Waals surface area (Å²) in [5.74, 6) is -0.446. The molecule has 0 aliphatic carbocycles. The molecular formula is C12H13BrN2O2. The third-order valence-corrected chi connectivity index (χ3v) is 3.61. The van der Waals surface area contributed by atoms with Crippen LogP contribution in [-0.4, -0.2) is 17.9 Å². The first-order valence-electron chi connectivity index (χ1n) is 5.38. The Morgan fingerprint density at radius 1 is 1.47 bits per heavy atom. The van der Waals surface area contributed by atoms with Gasteiger partial charge in [-0.2, -0.15) is 0 Å². The minimum atomic E-state index is -0.400. The molecule has 0 spiro atoms. The van der Waals surface area contributed by atoms with Gasteiger partial charge < -0.3 is 5.32 Å². The molecule has 1 heterocycles. The van der Waals surface area contributed by atoms with E-state index in [1.54, 1.807) is 0 Å². The maximum absolute atomic E-state index is 11.3. The van der Waals surface area contributed by atoms with Crippen LogP contribution in [0.3, 0.4) is 0 Å². The van der Waals surface area contributed by atoms with Crippen molar-refractivity contribution in [1.82, 2.24) is 10.6 Å². The van der Waals surface area contributed by atoms with Crippen molar-refractivity contribution in [3.8, 4) is 0 Å². The molecule has 1 fully saturated rings. The van der Waals surface area contributed by atoms with E-state index in [2.05, 4.69) is 26.6 Å². The average molecular weight is 297 g/mol. The highest BCUT2D eigenvalue weighted by Crippen LogP contribution is 2.17. The maximum Gasteiger partial charge on any atom is 0.244 e. The van der Waals surface area contributed by atoms with Crippen molar-refractivity contribution in [2.24, 2.45) is 0 Å². The first-order valence-corrected chi connectivity index (χ1v) is 6.17. The Morgan fingerprint density at radius 3 is 2.82 bits per heavy atom. The Hall–Kier alpha value is -1.20. The number of rotatable bonds is 3. The number of benzene rings is 1. The smallest absolute Gasteiger partial charge is 0.244 e. The Kier molecular flexibility index (Phi) is 3.59. The highest BCUT2D eigenvalue weighted by molar-refractivity contribution is 9.10. The summed E-state index contributed by atoms with van der Waals surface area (Å²) in [6, 6.07) is 5.63. The van der Waals surface area contributed by atoms with Gasteiger partial charge in [-0.25, -0.2) is 0 Å². The van der Waals surface area contributed by atoms with Gasteiger partial charge in [0.2, 0.25) is 11.8 Å². The summed E-state index contributed by atoms with van der Waals surface area (Å²) in [5.41, 5.74) is 2.25. The standard InChI is InChI=1S/C12H13BrN2O2/c1-7-2-3-8(4-9(7)13)6-14-10-5-11(16)15-12(10)17/h2-4,10,14H,5-6H2,1H3,(H,15,16,17). The number of nitrogens with one attached hydrogen (secondary N) is 2. The van der Waals surface area contributed by atoms with Crippen LogP contribution in [0.25, 0.3) is 0 Å². The number of carbonyl (C=O) groups excluding carboxylic acids is 2. The molecule has 2 rings (SSSR count). The first kappa shape index (κ1) is 12.3. The van der Waals surface area contributed by atoms with Gasteiger partial charge in [0.05, 0.1) is 12.5 Å². The average Bonchev–Trinajstić information content (AvgIpc) is 2.59. The molecular weight excluding hydrogens is 284 g/mol. The molecule has 90 valence electrons. The molecule has 1 aliphatic rings. The molecule has 0 radical (unpaired) electrons. The van der Waals surface area contributed by atoms with Crippen molar-refractivity contribution < 1.29 is 9.59 Å². The molecule has 1 atom stereocenters. The summed E-state index contributed by atoms with van der Waals surface area (Å²) < 4.78 is 1.05. The fraction of sp³-hybridized carbons (Fsp3) is 0.333. The lowest BCUT2D eigenvalue weighted by atomic mass is 10.1. The van der Waals surface area contributed by atoms with Gasteiger partial charge in [-0.05, 0) is 24.1 Å². The van der Waals surface area contributed by atoms with E-state index in [4.69, 9.17) is 0 Å². The van der Waals surface area contributed by atoms with Crippen LogP contribution >= 0.6 is 15.9 Å². The van der Waals surface area contributed by atoms with Gasteiger partial charge in [0, 0.05) is 11.0 Å². The highest BCUT2D eigenvalue weighted by Gasteiger charge is 2.29. The highest BCUT2D eigenvalue weighted by atomic mass is 79.9. The summed E-state index contributed by atoms with van der Waals surface area (Å²) in [4.78, 5) is 22.3. The molecule has 2 N–H and O–H groups in total. The fourth-order valence-corrected chi connectivity index (χ4v) is 2.13. The number of carbonyl (C=O) groups is 2. The Labute approximate surface area is 108 Å². The van der Waals surface area contributed by atoms with Gasteiger partial charge in [-0.3, -0.25) is 14.9 Å². The summed E-state index contributed by atoms with van der Waals surface area (Å²) >= 11 is 3.46. The van der Waals surface area contributed by atoms with E-state index >= 15 is 0 Å². The second-order valence-corrected chi connectivity index (χ2v) is 4.99. The number of amides is 2. The van der Waals surface area contributed by atoms with Crippen LogP contribution in [-0.2, 0) is 16.1 Å². The molecule has 1 aliphatic heterocycles. The SMILES string of the molecule is Cc1ccc(CNC2CC(=O)NC2=O)cc1Br. The molecule has 2 amide bonds. The van der Waals surface area contributed by atoms with Gasteiger partial charge in [0.1, 0.15) is 0 Å². The Balaban J connectivity index is 1.96. The number of hydrogen-bond acceptors (Lipinski definition) is 3. The predicted octanol–water partition coefficient (Wildman–Crippen LogP) is 1.26. The summed E-state index contributed by atoms with van der Waals surface area (Å²) in [7, 11) is 0. The number of aryl methyl sites for hydroxylation is 1. The zero-order valence-corrected chi connectivity index (χ0v) is 11.0. The van der Waals surface area contributed by atoms with Crippen molar-refractivity contribution in [3.63, 3.8) is 0 Å². The Morgan fingerprint density at radius 2 is 2.24 bits per heavy atom. The van der Waals surface area contributed by atoms with Crippen LogP contribution in [0.15, 0.2) is 22.7 Å². The van der Waals surface area contributed by atoms with Crippen LogP contribution < -0.4 is 10.6 Å². The largest absolute Gasteiger partial charge is 0.301 e. The van der Waals surface area contributed by atoms with Gasteiger partial charge in [0.25, 0.3) is 0 Å². The molecule has 0 aromatic heterocycles. The molecule has 0 bridgehead atoms. The molecule has 1 aromatic carbocycles. The topological polar surface area (TPSA) is 58.2 Å². The van der Waals surface area contributed by atoms with Crippen molar-refractivity contribution in [2.75, 3.05) is 0 Å². The van der Waals surface area contributed by atoms with E-state index in [9.17, 15) is 9.59 Å². The lowest BCUT2D eigenvalue weighted by Gasteiger charge is -2.09. The summed E-state index contributed by atoms with van der Waals surface area (Å²) in [6.45, 7) is 2.59. The van der Waals surface area contributed by atoms with Crippen molar-refractivity contribution in [2.45, 2.75) is 25.9 Å². The van der Waals surface area contributed by atoms with Crippen molar-refractivity contribution in [1.29, 1.82) is 0 Å². The maximum atomic E-state index is 11.3. The van der Waals surface area contributed by atoms with E-state index in [-0.39, 0.29) is 18.2 Å². The number of imide groups is 1. The summed E-state index contributed by atoms with van der Waals surface area (Å²) in [5, 5.41) is 5.35. The van der Waals surface area contributed by atoms with Crippen LogP contribution in [0.2, 0.25) is 0 Å². The minimum absolute atomic E-state index is 0.211. The first-order chi connectivity index (χ1) is 8.06. The molecule has 0 saturated carbocycles. The number of hydrogen-bond donors (Lipinski definition) is 2. The van der Waals surface area contributed by atoms with E-state index < -0.39 is 6.04 Å². The van der Waals surface area contributed by atoms with E-state index in [0.717, 1.165) is 10.0 Å². The Bertz CT molecular complexity index is 474. The third-order valence-electron chi connectivity index (χ3n) is 2.76. The second kappa shape index (κ2) is 4.98. The normalized spacial score (nSPS) is 19.5. The third kappa shape index (κ3) is 2.92. The lowest BCUT2D eigenvalue weighted by Crippen LogP contribution is -2.35. The molecule has 5 heteroatoms. The molecule has 1 unspecified atom stereocenters. The quantitative estimate of drug-likeness (QED) is 0.826. The molecule has 1 aromatic rings. The molecule has 4 nitrogen and oxygen atoms in total. The fourth-order valence-electron chi connectivity index (χ4n) is 1.71. The van der Waals surface area contributed by atoms with Gasteiger partial charge >= 0.3 is 0 Å². The second-order valence-electron chi connectivity index (χ2n) is 4.13. The van der Waals surface area contributed by atoms with E-state index in [1.165, 1.54) is 5.56 Å². The monoisotopic (exact) mass is 296 g/mol. The summed E-state index contributed by atoms with van der Waals surface area (Å²) in [6.07, 6.45) is 0.228. The number of halogens is 1. The van der Waals surface area contributed by atoms with Gasteiger partial charge in [-0.1, -0.05) is 28.1 Å². The predicted molar refractivity (Wildman–Crippen MR) is 67.3 cm³/mol. The zero-order valence-electron chi connectivity index (χ0n) is 9.42. The van der Waals surface area contributed by atoms with Gasteiger partial charge in [0.15, 0.2) is 0 Å². The zero-order chi connectivity index (χ0) is 12.4. The minimum Gasteiger partial charge on any atom is -0.301 e. The van der Waals surface area contributed by atoms with Crippen LogP contribution in [0.4, 0.5) is 0 Å².